The van der Waals surface area contributed by atoms with E-state index in [2.05, 4.69) is 4.98 Å². The summed E-state index contributed by atoms with van der Waals surface area (Å²) in [7, 11) is 0. The van der Waals surface area contributed by atoms with Crippen molar-refractivity contribution in [3.63, 3.8) is 0 Å². The van der Waals surface area contributed by atoms with E-state index in [-0.39, 0.29) is 17.2 Å². The van der Waals surface area contributed by atoms with Gasteiger partial charge in [-0.3, -0.25) is 4.79 Å². The Kier molecular flexibility index (Phi) is 4.76. The van der Waals surface area contributed by atoms with Crippen LogP contribution in [0, 0.1) is 0 Å². The highest BCUT2D eigenvalue weighted by molar-refractivity contribution is 5.78. The second kappa shape index (κ2) is 6.84. The van der Waals surface area contributed by atoms with E-state index in [1.165, 1.54) is 6.07 Å². The molecule has 4 nitrogen and oxygen atoms in total. The molecule has 1 amide bonds. The summed E-state index contributed by atoms with van der Waals surface area (Å²) in [4.78, 5) is 17.1. The van der Waals surface area contributed by atoms with E-state index < -0.39 is 18.5 Å². The number of hydrogen-bond donors (Lipinski definition) is 1. The van der Waals surface area contributed by atoms with Crippen LogP contribution in [0.15, 0.2) is 36.4 Å². The first kappa shape index (κ1) is 17.4. The highest BCUT2D eigenvalue weighted by Crippen LogP contribution is 2.31. The van der Waals surface area contributed by atoms with Gasteiger partial charge in [-0.15, -0.1) is 0 Å². The first-order valence-corrected chi connectivity index (χ1v) is 7.93. The highest BCUT2D eigenvalue weighted by Gasteiger charge is 2.33. The predicted octanol–water partition coefficient (Wildman–Crippen LogP) is 3.38. The number of hydrogen-bond acceptors (Lipinski definition) is 3. The van der Waals surface area contributed by atoms with Crippen molar-refractivity contribution in [2.24, 2.45) is 0 Å². The lowest BCUT2D eigenvalue weighted by Gasteiger charge is -2.16. The number of halogens is 3. The number of benzene rings is 1. The highest BCUT2D eigenvalue weighted by atomic mass is 19.4. The van der Waals surface area contributed by atoms with Crippen LogP contribution in [0.5, 0.6) is 0 Å². The number of likely N-dealkylation sites (tertiary alicyclic amines) is 1. The third-order valence-electron chi connectivity index (χ3n) is 4.15. The number of nitrogens with zero attached hydrogens (tertiary/aromatic N) is 2. The van der Waals surface area contributed by atoms with E-state index in [1.807, 2.05) is 0 Å². The molecule has 0 atom stereocenters. The average Bonchev–Trinajstić information content (AvgIpc) is 2.99. The Morgan fingerprint density at radius 2 is 1.84 bits per heavy atom. The van der Waals surface area contributed by atoms with Gasteiger partial charge in [0.05, 0.1) is 12.3 Å². The lowest BCUT2D eigenvalue weighted by molar-refractivity contribution is -0.141. The van der Waals surface area contributed by atoms with E-state index >= 15 is 0 Å². The van der Waals surface area contributed by atoms with Gasteiger partial charge in [-0.05, 0) is 29.7 Å². The first-order chi connectivity index (χ1) is 11.9. The molecule has 1 aromatic carbocycles. The summed E-state index contributed by atoms with van der Waals surface area (Å²) < 4.78 is 38.8. The number of aliphatic hydroxyl groups is 1. The molecule has 1 aliphatic rings. The molecular formula is C18H17F3N2O2. The zero-order valence-corrected chi connectivity index (χ0v) is 13.4. The number of alkyl halides is 3. The number of carbonyl (C=O) groups excluding carboxylic acids is 1. The fourth-order valence-corrected chi connectivity index (χ4v) is 2.84. The molecule has 7 heteroatoms. The van der Waals surface area contributed by atoms with Gasteiger partial charge in [0.2, 0.25) is 5.91 Å². The lowest BCUT2D eigenvalue weighted by Crippen LogP contribution is -2.23. The smallest absolute Gasteiger partial charge is 0.392 e. The molecule has 1 aliphatic heterocycles. The Labute approximate surface area is 142 Å². The molecule has 0 unspecified atom stereocenters. The van der Waals surface area contributed by atoms with Crippen molar-refractivity contribution in [1.82, 2.24) is 9.88 Å². The summed E-state index contributed by atoms with van der Waals surface area (Å²) in [5.74, 6) is 0.121. The molecule has 0 spiro atoms. The van der Waals surface area contributed by atoms with E-state index in [0.717, 1.165) is 24.6 Å². The van der Waals surface area contributed by atoms with Gasteiger partial charge in [-0.1, -0.05) is 24.3 Å². The SMILES string of the molecule is O=C1CCCN1Cc1ccc(-c2cc(CO)cc(C(F)(F)F)n2)cc1. The zero-order valence-electron chi connectivity index (χ0n) is 13.4. The van der Waals surface area contributed by atoms with Crippen LogP contribution < -0.4 is 0 Å². The number of rotatable bonds is 4. The Balaban J connectivity index is 1.85. The number of amides is 1. The summed E-state index contributed by atoms with van der Waals surface area (Å²) in [6, 6.07) is 9.20. The maximum Gasteiger partial charge on any atom is 0.433 e. The van der Waals surface area contributed by atoms with Crippen LogP contribution >= 0.6 is 0 Å². The number of carbonyl (C=O) groups is 1. The van der Waals surface area contributed by atoms with E-state index in [9.17, 15) is 23.1 Å². The van der Waals surface area contributed by atoms with Crippen LogP contribution in [0.1, 0.15) is 29.7 Å². The van der Waals surface area contributed by atoms with E-state index in [4.69, 9.17) is 0 Å². The van der Waals surface area contributed by atoms with Gasteiger partial charge >= 0.3 is 6.18 Å². The lowest BCUT2D eigenvalue weighted by atomic mass is 10.1. The molecule has 1 aromatic heterocycles. The van der Waals surface area contributed by atoms with Gasteiger partial charge in [0.1, 0.15) is 5.69 Å². The van der Waals surface area contributed by atoms with Crippen molar-refractivity contribution in [3.05, 3.63) is 53.2 Å². The zero-order chi connectivity index (χ0) is 18.0. The summed E-state index contributed by atoms with van der Waals surface area (Å²) in [6.45, 7) is 0.737. The molecule has 0 bridgehead atoms. The fourth-order valence-electron chi connectivity index (χ4n) is 2.84. The molecular weight excluding hydrogens is 333 g/mol. The fraction of sp³-hybridized carbons (Fsp3) is 0.333. The van der Waals surface area contributed by atoms with Crippen molar-refractivity contribution < 1.29 is 23.1 Å². The number of aliphatic hydroxyl groups excluding tert-OH is 1. The third-order valence-corrected chi connectivity index (χ3v) is 4.15. The maximum atomic E-state index is 12.9. The number of aromatic nitrogens is 1. The van der Waals surface area contributed by atoms with Crippen LogP contribution in [0.3, 0.4) is 0 Å². The van der Waals surface area contributed by atoms with Crippen LogP contribution in [0.4, 0.5) is 13.2 Å². The first-order valence-electron chi connectivity index (χ1n) is 7.93. The van der Waals surface area contributed by atoms with Crippen molar-refractivity contribution in [2.45, 2.75) is 32.2 Å². The Morgan fingerprint density at radius 1 is 1.12 bits per heavy atom. The standard InChI is InChI=1S/C18H17F3N2O2/c19-18(20,21)16-9-13(11-24)8-15(22-16)14-5-3-12(4-6-14)10-23-7-1-2-17(23)25/h3-6,8-9,24H,1-2,7,10-11H2. The molecule has 3 rings (SSSR count). The predicted molar refractivity (Wildman–Crippen MR) is 85.2 cm³/mol. The molecule has 1 N–H and O–H groups in total. The van der Waals surface area contributed by atoms with Crippen LogP contribution in [-0.4, -0.2) is 27.4 Å². The molecule has 0 radical (unpaired) electrons. The summed E-state index contributed by atoms with van der Waals surface area (Å²) in [5, 5.41) is 9.19. The second-order valence-electron chi connectivity index (χ2n) is 6.02. The van der Waals surface area contributed by atoms with Crippen molar-refractivity contribution in [2.75, 3.05) is 6.54 Å². The van der Waals surface area contributed by atoms with Gasteiger partial charge in [-0.25, -0.2) is 4.98 Å². The molecule has 25 heavy (non-hydrogen) atoms. The van der Waals surface area contributed by atoms with Crippen molar-refractivity contribution in [3.8, 4) is 11.3 Å². The summed E-state index contributed by atoms with van der Waals surface area (Å²) in [5.41, 5.74) is 0.721. The largest absolute Gasteiger partial charge is 0.433 e. The molecule has 132 valence electrons. The third kappa shape index (κ3) is 3.99. The van der Waals surface area contributed by atoms with Crippen molar-refractivity contribution >= 4 is 5.91 Å². The Morgan fingerprint density at radius 3 is 2.40 bits per heavy atom. The minimum Gasteiger partial charge on any atom is -0.392 e. The monoisotopic (exact) mass is 350 g/mol. The van der Waals surface area contributed by atoms with E-state index in [0.29, 0.717) is 18.5 Å². The van der Waals surface area contributed by atoms with Crippen LogP contribution in [0.25, 0.3) is 11.3 Å². The van der Waals surface area contributed by atoms with Crippen LogP contribution in [0.2, 0.25) is 0 Å². The van der Waals surface area contributed by atoms with Gasteiger partial charge in [0, 0.05) is 25.1 Å². The van der Waals surface area contributed by atoms with Crippen molar-refractivity contribution in [1.29, 1.82) is 0 Å². The molecule has 2 heterocycles. The topological polar surface area (TPSA) is 53.4 Å². The summed E-state index contributed by atoms with van der Waals surface area (Å²) in [6.07, 6.45) is -3.15. The van der Waals surface area contributed by atoms with Crippen LogP contribution in [-0.2, 0) is 24.1 Å². The quantitative estimate of drug-likeness (QED) is 0.920. The summed E-state index contributed by atoms with van der Waals surface area (Å²) >= 11 is 0. The van der Waals surface area contributed by atoms with Gasteiger partial charge < -0.3 is 10.0 Å². The number of pyridine rings is 1. The van der Waals surface area contributed by atoms with Gasteiger partial charge in [-0.2, -0.15) is 13.2 Å². The van der Waals surface area contributed by atoms with Gasteiger partial charge in [0.25, 0.3) is 0 Å². The second-order valence-corrected chi connectivity index (χ2v) is 6.02. The molecule has 2 aromatic rings. The van der Waals surface area contributed by atoms with Gasteiger partial charge in [0.15, 0.2) is 0 Å². The minimum absolute atomic E-state index is 0.121. The minimum atomic E-state index is -4.57. The maximum absolute atomic E-state index is 12.9. The Bertz CT molecular complexity index is 773. The Hall–Kier alpha value is -2.41. The molecule has 1 saturated heterocycles. The normalized spacial score (nSPS) is 15.0. The molecule has 0 saturated carbocycles. The molecule has 1 fully saturated rings. The molecule has 0 aliphatic carbocycles. The average molecular weight is 350 g/mol. The van der Waals surface area contributed by atoms with E-state index in [1.54, 1.807) is 29.2 Å².